The first-order valence-electron chi connectivity index (χ1n) is 14.7. The zero-order valence-electron chi connectivity index (χ0n) is 25.0. The lowest BCUT2D eigenvalue weighted by Gasteiger charge is -2.40. The minimum atomic E-state index is -1.31. The third-order valence-corrected chi connectivity index (χ3v) is 9.35. The van der Waals surface area contributed by atoms with E-state index in [1.54, 1.807) is 0 Å². The van der Waals surface area contributed by atoms with Crippen LogP contribution >= 0.6 is 11.6 Å². The van der Waals surface area contributed by atoms with E-state index < -0.39 is 28.8 Å². The van der Waals surface area contributed by atoms with E-state index in [4.69, 9.17) is 11.6 Å². The minimum absolute atomic E-state index is 0.0785. The third kappa shape index (κ3) is 4.16. The molecule has 0 aliphatic carbocycles. The number of nitrogens with one attached hydrogen (secondary N) is 1. The van der Waals surface area contributed by atoms with Gasteiger partial charge in [0.05, 0.1) is 12.0 Å². The molecule has 3 aromatic rings. The first-order valence-corrected chi connectivity index (χ1v) is 15.1. The predicted molar refractivity (Wildman–Crippen MR) is 169 cm³/mol. The SMILES string of the molecule is CC1=C[C@@H]2N(c3ccc(Cl)cc31)[C@H](C(=O)C(C)(C)C)[C@H](C(=O)c1ccc(CC(C)C)cc1)[C@@]21C(=O)Nc2ccccc21. The summed E-state index contributed by atoms with van der Waals surface area (Å²) in [5, 5.41) is 3.69. The van der Waals surface area contributed by atoms with Gasteiger partial charge in [-0.05, 0) is 60.2 Å². The summed E-state index contributed by atoms with van der Waals surface area (Å²) in [6.07, 6.45) is 2.96. The van der Waals surface area contributed by atoms with E-state index in [0.717, 1.165) is 34.4 Å². The van der Waals surface area contributed by atoms with Crippen molar-refractivity contribution in [3.05, 3.63) is 100 Å². The second-order valence-electron chi connectivity index (χ2n) is 13.4. The van der Waals surface area contributed by atoms with Gasteiger partial charge in [-0.2, -0.15) is 0 Å². The van der Waals surface area contributed by atoms with Gasteiger partial charge < -0.3 is 10.2 Å². The summed E-state index contributed by atoms with van der Waals surface area (Å²) in [7, 11) is 0. The predicted octanol–water partition coefficient (Wildman–Crippen LogP) is 7.52. The van der Waals surface area contributed by atoms with Gasteiger partial charge in [0.25, 0.3) is 0 Å². The van der Waals surface area contributed by atoms with Crippen LogP contribution in [0.2, 0.25) is 5.02 Å². The van der Waals surface area contributed by atoms with E-state index in [2.05, 4.69) is 25.2 Å². The average Bonchev–Trinajstić information content (AvgIpc) is 3.40. The molecule has 6 heteroatoms. The second kappa shape index (κ2) is 9.95. The summed E-state index contributed by atoms with van der Waals surface area (Å²) >= 11 is 6.44. The molecule has 3 aliphatic heterocycles. The number of para-hydroxylation sites is 1. The molecule has 1 amide bonds. The zero-order valence-corrected chi connectivity index (χ0v) is 25.8. The molecule has 0 bridgehead atoms. The lowest BCUT2D eigenvalue weighted by Crippen LogP contribution is -2.51. The fraction of sp³-hybridized carbons (Fsp3) is 0.361. The number of rotatable bonds is 5. The number of benzene rings is 3. The number of allylic oxidation sites excluding steroid dienone is 1. The molecule has 0 unspecified atom stereocenters. The molecule has 4 atom stereocenters. The Morgan fingerprint density at radius 2 is 1.71 bits per heavy atom. The Balaban J connectivity index is 1.64. The number of amides is 1. The number of fused-ring (bicyclic) bond motifs is 6. The van der Waals surface area contributed by atoms with Gasteiger partial charge in [-0.25, -0.2) is 0 Å². The van der Waals surface area contributed by atoms with Crippen LogP contribution in [0.5, 0.6) is 0 Å². The summed E-state index contributed by atoms with van der Waals surface area (Å²) in [6, 6.07) is 19.5. The molecule has 3 heterocycles. The number of hydrogen-bond donors (Lipinski definition) is 1. The normalized spacial score (nSPS) is 24.3. The van der Waals surface area contributed by atoms with Gasteiger partial charge in [0.15, 0.2) is 11.6 Å². The van der Waals surface area contributed by atoms with Gasteiger partial charge in [-0.15, -0.1) is 0 Å². The summed E-state index contributed by atoms with van der Waals surface area (Å²) in [5.74, 6) is -1.00. The molecule has 3 aliphatic rings. The van der Waals surface area contributed by atoms with Gasteiger partial charge in [0, 0.05) is 32.9 Å². The van der Waals surface area contributed by atoms with Crippen LogP contribution in [0.25, 0.3) is 5.57 Å². The van der Waals surface area contributed by atoms with Crippen molar-refractivity contribution < 1.29 is 14.4 Å². The lowest BCUT2D eigenvalue weighted by atomic mass is 9.63. The Hall–Kier alpha value is -3.70. The zero-order chi connectivity index (χ0) is 30.1. The van der Waals surface area contributed by atoms with Crippen molar-refractivity contribution in [2.75, 3.05) is 10.2 Å². The van der Waals surface area contributed by atoms with Crippen LogP contribution in [0.15, 0.2) is 72.8 Å². The number of hydrogen-bond acceptors (Lipinski definition) is 4. The minimum Gasteiger partial charge on any atom is -0.352 e. The molecule has 1 saturated heterocycles. The second-order valence-corrected chi connectivity index (χ2v) is 13.9. The Bertz CT molecular complexity index is 1650. The van der Waals surface area contributed by atoms with E-state index >= 15 is 0 Å². The molecule has 0 saturated carbocycles. The first-order chi connectivity index (χ1) is 19.9. The van der Waals surface area contributed by atoms with Crippen LogP contribution in [0, 0.1) is 17.3 Å². The summed E-state index contributed by atoms with van der Waals surface area (Å²) in [5.41, 5.74) is 3.69. The molecule has 1 spiro atoms. The Kier molecular flexibility index (Phi) is 6.73. The van der Waals surface area contributed by atoms with Crippen LogP contribution in [0.1, 0.15) is 68.6 Å². The number of anilines is 2. The molecule has 42 heavy (non-hydrogen) atoms. The summed E-state index contributed by atoms with van der Waals surface area (Å²) in [6.45, 7) is 12.0. The standard InChI is InChI=1S/C36H37ClN2O3/c1-20(2)17-22-11-13-23(14-12-22)32(40)30-31(33(41)35(4,5)6)39-28-16-15-24(37)19-25(28)21(3)18-29(39)36(30)26-9-7-8-10-27(26)38-34(36)42/h7-16,18-20,29-31H,17H2,1-6H3,(H,38,42)/t29-,30+,31-,36-/m0/s1. The topological polar surface area (TPSA) is 66.5 Å². The fourth-order valence-electron chi connectivity index (χ4n) is 7.30. The van der Waals surface area contributed by atoms with Gasteiger partial charge >= 0.3 is 0 Å². The maximum absolute atomic E-state index is 14.9. The molecular formula is C36H37ClN2O3. The number of nitrogens with zero attached hydrogens (tertiary/aromatic N) is 1. The molecular weight excluding hydrogens is 544 g/mol. The van der Waals surface area contributed by atoms with Crippen molar-refractivity contribution in [2.24, 2.45) is 17.3 Å². The third-order valence-electron chi connectivity index (χ3n) is 9.11. The maximum Gasteiger partial charge on any atom is 0.238 e. The van der Waals surface area contributed by atoms with Gasteiger partial charge in [0.1, 0.15) is 11.5 Å². The lowest BCUT2D eigenvalue weighted by molar-refractivity contribution is -0.128. The molecule has 5 nitrogen and oxygen atoms in total. The van der Waals surface area contributed by atoms with Crippen molar-refractivity contribution in [1.29, 1.82) is 0 Å². The van der Waals surface area contributed by atoms with Crippen LogP contribution in [0.4, 0.5) is 11.4 Å². The number of Topliss-reactive ketones (excluding diaryl/α,β-unsaturated/α-hetero) is 2. The molecule has 1 N–H and O–H groups in total. The summed E-state index contributed by atoms with van der Waals surface area (Å²) < 4.78 is 0. The van der Waals surface area contributed by atoms with E-state index in [9.17, 15) is 14.4 Å². The number of carbonyl (C=O) groups is 3. The van der Waals surface area contributed by atoms with Crippen LogP contribution in [-0.4, -0.2) is 29.6 Å². The van der Waals surface area contributed by atoms with E-state index in [-0.39, 0.29) is 17.5 Å². The molecule has 0 aromatic heterocycles. The van der Waals surface area contributed by atoms with Crippen molar-refractivity contribution in [3.8, 4) is 0 Å². The molecule has 0 radical (unpaired) electrons. The highest BCUT2D eigenvalue weighted by Gasteiger charge is 2.71. The Morgan fingerprint density at radius 1 is 1.02 bits per heavy atom. The van der Waals surface area contributed by atoms with Crippen molar-refractivity contribution >= 4 is 46.0 Å². The molecule has 6 rings (SSSR count). The largest absolute Gasteiger partial charge is 0.352 e. The van der Waals surface area contributed by atoms with Gasteiger partial charge in [-0.3, -0.25) is 14.4 Å². The van der Waals surface area contributed by atoms with E-state index in [1.165, 1.54) is 0 Å². The highest BCUT2D eigenvalue weighted by molar-refractivity contribution is 6.31. The fourth-order valence-corrected chi connectivity index (χ4v) is 7.48. The van der Waals surface area contributed by atoms with Crippen molar-refractivity contribution in [3.63, 3.8) is 0 Å². The van der Waals surface area contributed by atoms with Gasteiger partial charge in [-0.1, -0.05) is 94.8 Å². The molecule has 3 aromatic carbocycles. The van der Waals surface area contributed by atoms with Gasteiger partial charge in [0.2, 0.25) is 5.91 Å². The molecule has 1 fully saturated rings. The number of ketones is 2. The first kappa shape index (κ1) is 28.4. The van der Waals surface area contributed by atoms with Crippen LogP contribution in [-0.2, 0) is 21.4 Å². The highest BCUT2D eigenvalue weighted by atomic mass is 35.5. The van der Waals surface area contributed by atoms with Crippen LogP contribution in [0.3, 0.4) is 0 Å². The molecule has 216 valence electrons. The highest BCUT2D eigenvalue weighted by Crippen LogP contribution is 2.59. The quantitative estimate of drug-likeness (QED) is 0.317. The average molecular weight is 581 g/mol. The monoisotopic (exact) mass is 580 g/mol. The van der Waals surface area contributed by atoms with E-state index in [1.807, 2.05) is 99.3 Å². The van der Waals surface area contributed by atoms with Crippen molar-refractivity contribution in [2.45, 2.75) is 65.5 Å². The summed E-state index contributed by atoms with van der Waals surface area (Å²) in [4.78, 5) is 46.0. The maximum atomic E-state index is 14.9. The Labute approximate surface area is 253 Å². The van der Waals surface area contributed by atoms with E-state index in [0.29, 0.717) is 22.2 Å². The number of halogens is 1. The smallest absolute Gasteiger partial charge is 0.238 e. The van der Waals surface area contributed by atoms with Crippen LogP contribution < -0.4 is 10.2 Å². The number of carbonyl (C=O) groups excluding carboxylic acids is 3. The Morgan fingerprint density at radius 3 is 2.38 bits per heavy atom. The van der Waals surface area contributed by atoms with Crippen molar-refractivity contribution in [1.82, 2.24) is 0 Å².